The molecule has 0 fully saturated rings. The number of hydrogen-bond acceptors (Lipinski definition) is 4. The van der Waals surface area contributed by atoms with Crippen LogP contribution in [0.25, 0.3) is 0 Å². The molecule has 0 aromatic heterocycles. The highest BCUT2D eigenvalue weighted by atomic mass is 16.6. The molecule has 0 amide bonds. The van der Waals surface area contributed by atoms with Crippen LogP contribution in [-0.4, -0.2) is 66.5 Å². The molecule has 6 nitrogen and oxygen atoms in total. The van der Waals surface area contributed by atoms with Crippen molar-refractivity contribution >= 4 is 11.9 Å². The minimum absolute atomic E-state index is 0.252. The molecule has 0 heterocycles. The second-order valence-electron chi connectivity index (χ2n) is 7.16. The number of carboxylic acid groups (broad SMARTS) is 1. The van der Waals surface area contributed by atoms with E-state index in [4.69, 9.17) is 9.84 Å². The Morgan fingerprint density at radius 2 is 1.79 bits per heavy atom. The molecular weight excluding hydrogens is 310 g/mol. The number of hydrogen-bond donors (Lipinski definition) is 2. The average molecular weight is 344 g/mol. The third-order valence-electron chi connectivity index (χ3n) is 3.46. The summed E-state index contributed by atoms with van der Waals surface area (Å²) in [5, 5.41) is 18.8. The molecule has 0 rings (SSSR count). The number of allylic oxidation sites excluding steroid dienone is 2. The molecule has 0 aromatic carbocycles. The first-order chi connectivity index (χ1) is 11.2. The average Bonchev–Trinajstić information content (AvgIpc) is 2.43. The zero-order valence-corrected chi connectivity index (χ0v) is 15.5. The van der Waals surface area contributed by atoms with E-state index in [0.29, 0.717) is 17.4 Å². The van der Waals surface area contributed by atoms with Gasteiger partial charge in [-0.1, -0.05) is 31.9 Å². The van der Waals surface area contributed by atoms with Gasteiger partial charge in [0.1, 0.15) is 6.54 Å². The van der Waals surface area contributed by atoms with Crippen LogP contribution in [0.5, 0.6) is 0 Å². The van der Waals surface area contributed by atoms with Crippen molar-refractivity contribution in [2.24, 2.45) is 0 Å². The molecule has 2 unspecified atom stereocenters. The Hall–Kier alpha value is -1.40. The van der Waals surface area contributed by atoms with Crippen molar-refractivity contribution in [3.63, 3.8) is 0 Å². The predicted molar refractivity (Wildman–Crippen MR) is 93.6 cm³/mol. The van der Waals surface area contributed by atoms with E-state index in [-0.39, 0.29) is 6.42 Å². The van der Waals surface area contributed by atoms with Crippen LogP contribution < -0.4 is 0 Å². The summed E-state index contributed by atoms with van der Waals surface area (Å²) < 4.78 is 5.69. The number of aliphatic carboxylic acids is 1. The number of nitrogens with zero attached hydrogens (tertiary/aromatic N) is 1. The van der Waals surface area contributed by atoms with Gasteiger partial charge < -0.3 is 19.4 Å². The van der Waals surface area contributed by atoms with Crippen LogP contribution in [0.2, 0.25) is 0 Å². The van der Waals surface area contributed by atoms with Gasteiger partial charge in [0.2, 0.25) is 0 Å². The molecule has 0 aromatic rings. The molecule has 0 saturated heterocycles. The van der Waals surface area contributed by atoms with Crippen molar-refractivity contribution in [2.45, 2.75) is 64.1 Å². The Labute approximate surface area is 145 Å². The fraction of sp³-hybridized carbons (Fsp3) is 0.778. The zero-order chi connectivity index (χ0) is 18.6. The van der Waals surface area contributed by atoms with E-state index >= 15 is 0 Å². The van der Waals surface area contributed by atoms with Gasteiger partial charge in [-0.3, -0.25) is 4.79 Å². The van der Waals surface area contributed by atoms with Crippen LogP contribution in [0.15, 0.2) is 12.2 Å². The van der Waals surface area contributed by atoms with Crippen molar-refractivity contribution in [1.82, 2.24) is 0 Å². The highest BCUT2D eigenvalue weighted by Crippen LogP contribution is 2.11. The zero-order valence-electron chi connectivity index (χ0n) is 15.5. The second kappa shape index (κ2) is 12.0. The normalized spacial score (nSPS) is 14.5. The Morgan fingerprint density at radius 1 is 1.12 bits per heavy atom. The third-order valence-corrected chi connectivity index (χ3v) is 3.46. The Balaban J connectivity index is 4.19. The van der Waals surface area contributed by atoms with E-state index in [9.17, 15) is 14.7 Å². The maximum atomic E-state index is 11.9. The van der Waals surface area contributed by atoms with Gasteiger partial charge in [0.05, 0.1) is 27.6 Å². The number of quaternary nitrogens is 1. The molecule has 140 valence electrons. The number of ether oxygens (including phenoxy) is 1. The fourth-order valence-electron chi connectivity index (χ4n) is 2.37. The van der Waals surface area contributed by atoms with Crippen LogP contribution in [0.4, 0.5) is 0 Å². The Kier molecular flexibility index (Phi) is 11.3. The third kappa shape index (κ3) is 13.1. The van der Waals surface area contributed by atoms with Gasteiger partial charge in [-0.15, -0.1) is 0 Å². The molecule has 0 bridgehead atoms. The number of likely N-dealkylation sites (N-methyl/N-ethyl adjacent to an activating group) is 1. The number of carboxylic acids is 1. The van der Waals surface area contributed by atoms with Crippen molar-refractivity contribution < 1.29 is 29.0 Å². The van der Waals surface area contributed by atoms with Gasteiger partial charge >= 0.3 is 11.9 Å². The summed E-state index contributed by atoms with van der Waals surface area (Å²) in [6, 6.07) is 0. The summed E-state index contributed by atoms with van der Waals surface area (Å²) in [7, 11) is 5.68. The summed E-state index contributed by atoms with van der Waals surface area (Å²) in [6.45, 7) is 2.48. The van der Waals surface area contributed by atoms with Gasteiger partial charge in [-0.2, -0.15) is 0 Å². The van der Waals surface area contributed by atoms with E-state index in [1.54, 1.807) is 0 Å². The van der Waals surface area contributed by atoms with Crippen molar-refractivity contribution in [3.8, 4) is 0 Å². The largest absolute Gasteiger partial charge is 0.481 e. The van der Waals surface area contributed by atoms with Gasteiger partial charge in [0.25, 0.3) is 0 Å². The number of carbonyl (C=O) groups is 2. The Morgan fingerprint density at radius 3 is 2.33 bits per heavy atom. The molecular formula is C18H34NO5+. The summed E-state index contributed by atoms with van der Waals surface area (Å²) >= 11 is 0. The lowest BCUT2D eigenvalue weighted by atomic mass is 10.1. The fourth-order valence-corrected chi connectivity index (χ4v) is 2.37. The van der Waals surface area contributed by atoms with Crippen molar-refractivity contribution in [3.05, 3.63) is 12.2 Å². The lowest BCUT2D eigenvalue weighted by Crippen LogP contribution is -2.44. The summed E-state index contributed by atoms with van der Waals surface area (Å²) in [5.74, 6) is -1.74. The number of esters is 1. The number of aliphatic hydroxyl groups is 1. The number of carbonyl (C=O) groups excluding carboxylic acids is 1. The van der Waals surface area contributed by atoms with E-state index in [2.05, 4.69) is 19.1 Å². The van der Waals surface area contributed by atoms with Crippen LogP contribution in [0, 0.1) is 0 Å². The molecule has 0 aliphatic carbocycles. The topological polar surface area (TPSA) is 83.8 Å². The van der Waals surface area contributed by atoms with Gasteiger partial charge in [-0.05, 0) is 25.7 Å². The Bertz CT molecular complexity index is 401. The van der Waals surface area contributed by atoms with Gasteiger partial charge in [0, 0.05) is 0 Å². The first-order valence-corrected chi connectivity index (χ1v) is 8.71. The SMILES string of the molecule is CC/C=C/CCCCCC(O)C(=O)OC(CC(=O)O)C[N+](C)(C)C. The predicted octanol–water partition coefficient (Wildman–Crippen LogP) is 2.36. The van der Waals surface area contributed by atoms with Crippen LogP contribution in [-0.2, 0) is 14.3 Å². The number of aliphatic hydroxyl groups excluding tert-OH is 1. The van der Waals surface area contributed by atoms with E-state index in [1.165, 1.54) is 0 Å². The first-order valence-electron chi connectivity index (χ1n) is 8.71. The highest BCUT2D eigenvalue weighted by Gasteiger charge is 2.27. The molecule has 0 aliphatic rings. The van der Waals surface area contributed by atoms with Crippen LogP contribution in [0.3, 0.4) is 0 Å². The molecule has 0 spiro atoms. The van der Waals surface area contributed by atoms with Crippen molar-refractivity contribution in [2.75, 3.05) is 27.7 Å². The van der Waals surface area contributed by atoms with E-state index in [1.807, 2.05) is 21.1 Å². The molecule has 2 atom stereocenters. The first kappa shape index (κ1) is 22.6. The quantitative estimate of drug-likeness (QED) is 0.232. The van der Waals surface area contributed by atoms with E-state index < -0.39 is 24.1 Å². The minimum atomic E-state index is -1.18. The van der Waals surface area contributed by atoms with Gasteiger partial charge in [-0.25, -0.2) is 4.79 Å². The minimum Gasteiger partial charge on any atom is -0.481 e. The molecule has 24 heavy (non-hydrogen) atoms. The number of rotatable bonds is 13. The molecule has 6 heteroatoms. The summed E-state index contributed by atoms with van der Waals surface area (Å²) in [4.78, 5) is 22.8. The second-order valence-corrected chi connectivity index (χ2v) is 7.16. The van der Waals surface area contributed by atoms with Crippen LogP contribution in [0.1, 0.15) is 51.9 Å². The summed E-state index contributed by atoms with van der Waals surface area (Å²) in [6.07, 6.45) is 7.22. The number of unbranched alkanes of at least 4 members (excludes halogenated alkanes) is 3. The van der Waals surface area contributed by atoms with E-state index in [0.717, 1.165) is 32.1 Å². The standard InChI is InChI=1S/C18H33NO5/c1-5-6-7-8-9-10-11-12-16(20)18(23)24-15(13-17(21)22)14-19(2,3)4/h6-7,15-16,20H,5,8-14H2,1-4H3/p+1/b7-6+. The maximum absolute atomic E-state index is 11.9. The molecule has 0 radical (unpaired) electrons. The lowest BCUT2D eigenvalue weighted by molar-refractivity contribution is -0.873. The molecule has 0 aliphatic heterocycles. The molecule has 2 N–H and O–H groups in total. The van der Waals surface area contributed by atoms with Crippen LogP contribution >= 0.6 is 0 Å². The lowest BCUT2D eigenvalue weighted by Gasteiger charge is -2.28. The monoisotopic (exact) mass is 344 g/mol. The van der Waals surface area contributed by atoms with Gasteiger partial charge in [0.15, 0.2) is 12.2 Å². The molecule has 0 saturated carbocycles. The smallest absolute Gasteiger partial charge is 0.335 e. The summed E-state index contributed by atoms with van der Waals surface area (Å²) in [5.41, 5.74) is 0. The highest BCUT2D eigenvalue weighted by molar-refractivity contribution is 5.75. The maximum Gasteiger partial charge on any atom is 0.335 e. The van der Waals surface area contributed by atoms with Crippen molar-refractivity contribution in [1.29, 1.82) is 0 Å².